The molecular formula is C32H37BN4O7. The van der Waals surface area contributed by atoms with Crippen molar-refractivity contribution in [3.05, 3.63) is 108 Å². The maximum Gasteiger partial charge on any atom is 0.475 e. The second-order valence-electron chi connectivity index (χ2n) is 10.6. The molecule has 1 heterocycles. The highest BCUT2D eigenvalue weighted by molar-refractivity contribution is 6.43. The van der Waals surface area contributed by atoms with Crippen LogP contribution in [0.4, 0.5) is 4.79 Å². The molecule has 1 fully saturated rings. The SMILES string of the molecule is O=C(NCC(=O)N1CCCC1C(=O)NC(Cc1ccccc1)C(=O)NC(Cc1ccccc1)B(O)O)OCc1ccccc1. The lowest BCUT2D eigenvalue weighted by Gasteiger charge is -2.27. The summed E-state index contributed by atoms with van der Waals surface area (Å²) in [6.07, 6.45) is 0.531. The molecule has 3 unspecified atom stereocenters. The lowest BCUT2D eigenvalue weighted by atomic mass is 9.75. The second-order valence-corrected chi connectivity index (χ2v) is 10.6. The third-order valence-corrected chi connectivity index (χ3v) is 7.37. The molecule has 4 amide bonds. The molecule has 0 saturated carbocycles. The van der Waals surface area contributed by atoms with Gasteiger partial charge in [-0.25, -0.2) is 4.79 Å². The number of hydrogen-bond acceptors (Lipinski definition) is 7. The van der Waals surface area contributed by atoms with E-state index in [-0.39, 0.29) is 26.0 Å². The number of hydrogen-bond donors (Lipinski definition) is 5. The van der Waals surface area contributed by atoms with E-state index in [1.807, 2.05) is 91.0 Å². The van der Waals surface area contributed by atoms with Gasteiger partial charge >= 0.3 is 13.2 Å². The largest absolute Gasteiger partial charge is 0.475 e. The first-order chi connectivity index (χ1) is 21.3. The number of likely N-dealkylation sites (tertiary alicyclic amines) is 1. The van der Waals surface area contributed by atoms with Crippen molar-refractivity contribution in [2.75, 3.05) is 13.1 Å². The molecule has 3 atom stereocenters. The number of nitrogens with zero attached hydrogens (tertiary/aromatic N) is 1. The average Bonchev–Trinajstić information content (AvgIpc) is 3.54. The fourth-order valence-electron chi connectivity index (χ4n) is 5.07. The number of ether oxygens (including phenoxy) is 1. The van der Waals surface area contributed by atoms with Crippen LogP contribution < -0.4 is 16.0 Å². The topological polar surface area (TPSA) is 157 Å². The van der Waals surface area contributed by atoms with Gasteiger partial charge in [0.25, 0.3) is 0 Å². The van der Waals surface area contributed by atoms with Gasteiger partial charge in [0, 0.05) is 13.0 Å². The van der Waals surface area contributed by atoms with Gasteiger partial charge in [-0.2, -0.15) is 0 Å². The first-order valence-electron chi connectivity index (χ1n) is 14.6. The monoisotopic (exact) mass is 600 g/mol. The number of carbonyl (C=O) groups excluding carboxylic acids is 4. The number of benzene rings is 3. The summed E-state index contributed by atoms with van der Waals surface area (Å²) in [4.78, 5) is 53.5. The van der Waals surface area contributed by atoms with Crippen LogP contribution in [0.5, 0.6) is 0 Å². The highest BCUT2D eigenvalue weighted by atomic mass is 16.5. The molecular weight excluding hydrogens is 563 g/mol. The molecule has 230 valence electrons. The Morgan fingerprint density at radius 3 is 1.98 bits per heavy atom. The van der Waals surface area contributed by atoms with Crippen LogP contribution in [0, 0.1) is 0 Å². The van der Waals surface area contributed by atoms with Crippen molar-refractivity contribution in [1.82, 2.24) is 20.9 Å². The third-order valence-electron chi connectivity index (χ3n) is 7.37. The molecule has 1 aliphatic heterocycles. The highest BCUT2D eigenvalue weighted by Gasteiger charge is 2.37. The van der Waals surface area contributed by atoms with E-state index in [1.165, 1.54) is 4.90 Å². The molecule has 0 spiro atoms. The van der Waals surface area contributed by atoms with E-state index >= 15 is 0 Å². The normalized spacial score (nSPS) is 15.5. The molecule has 1 saturated heterocycles. The van der Waals surface area contributed by atoms with Crippen LogP contribution in [0.15, 0.2) is 91.0 Å². The Balaban J connectivity index is 1.37. The van der Waals surface area contributed by atoms with Crippen LogP contribution in [-0.4, -0.2) is 77.0 Å². The summed E-state index contributed by atoms with van der Waals surface area (Å²) in [6, 6.07) is 25.4. The third kappa shape index (κ3) is 9.68. The van der Waals surface area contributed by atoms with Crippen molar-refractivity contribution in [3.63, 3.8) is 0 Å². The van der Waals surface area contributed by atoms with Gasteiger partial charge in [-0.15, -0.1) is 0 Å². The average molecular weight is 600 g/mol. The van der Waals surface area contributed by atoms with Gasteiger partial charge in [0.1, 0.15) is 25.2 Å². The quantitative estimate of drug-likeness (QED) is 0.186. The van der Waals surface area contributed by atoms with Crippen LogP contribution >= 0.6 is 0 Å². The van der Waals surface area contributed by atoms with Crippen molar-refractivity contribution in [2.24, 2.45) is 0 Å². The first kappa shape index (κ1) is 32.2. The molecule has 0 bridgehead atoms. The molecule has 0 aromatic heterocycles. The zero-order valence-electron chi connectivity index (χ0n) is 24.3. The van der Waals surface area contributed by atoms with E-state index in [0.29, 0.717) is 19.4 Å². The molecule has 5 N–H and O–H groups in total. The summed E-state index contributed by atoms with van der Waals surface area (Å²) in [5.41, 5.74) is 2.39. The Labute approximate surface area is 256 Å². The Kier molecular flexibility index (Phi) is 11.9. The van der Waals surface area contributed by atoms with E-state index in [9.17, 15) is 29.2 Å². The van der Waals surface area contributed by atoms with Crippen LogP contribution in [0.3, 0.4) is 0 Å². The minimum absolute atomic E-state index is 0.0555. The Hall–Kier alpha value is -4.68. The molecule has 4 rings (SSSR count). The van der Waals surface area contributed by atoms with Crippen LogP contribution in [-0.2, 0) is 38.6 Å². The van der Waals surface area contributed by atoms with Crippen molar-refractivity contribution >= 4 is 30.9 Å². The lowest BCUT2D eigenvalue weighted by molar-refractivity contribution is -0.138. The zero-order chi connectivity index (χ0) is 31.3. The Bertz CT molecular complexity index is 1380. The van der Waals surface area contributed by atoms with Crippen LogP contribution in [0.2, 0.25) is 0 Å². The first-order valence-corrected chi connectivity index (χ1v) is 14.6. The standard InChI is InChI=1S/C32H37BN4O7/c38-29(21-34-32(41)44-22-25-15-8-3-9-16-25)37-18-10-17-27(37)31(40)35-26(19-23-11-4-1-5-12-23)30(39)36-28(33(42)43)20-24-13-6-2-7-14-24/h1-9,11-16,26-28,42-43H,10,17-22H2,(H,34,41)(H,35,40)(H,36,39). The summed E-state index contributed by atoms with van der Waals surface area (Å²) in [6.45, 7) is 0.0317. The van der Waals surface area contributed by atoms with E-state index in [2.05, 4.69) is 16.0 Å². The number of alkyl carbamates (subject to hydrolysis) is 1. The Morgan fingerprint density at radius 2 is 1.39 bits per heavy atom. The Morgan fingerprint density at radius 1 is 0.818 bits per heavy atom. The maximum absolute atomic E-state index is 13.5. The summed E-state index contributed by atoms with van der Waals surface area (Å²) >= 11 is 0. The van der Waals surface area contributed by atoms with Gasteiger partial charge in [-0.1, -0.05) is 91.0 Å². The van der Waals surface area contributed by atoms with Crippen molar-refractivity contribution in [3.8, 4) is 0 Å². The highest BCUT2D eigenvalue weighted by Crippen LogP contribution is 2.18. The molecule has 3 aromatic carbocycles. The summed E-state index contributed by atoms with van der Waals surface area (Å²) in [7, 11) is -1.83. The molecule has 1 aliphatic rings. The van der Waals surface area contributed by atoms with Gasteiger partial charge in [-0.3, -0.25) is 14.4 Å². The van der Waals surface area contributed by atoms with Crippen LogP contribution in [0.25, 0.3) is 0 Å². The summed E-state index contributed by atoms with van der Waals surface area (Å²) in [5.74, 6) is -2.57. The van der Waals surface area contributed by atoms with E-state index < -0.39 is 49.0 Å². The van der Waals surface area contributed by atoms with Crippen molar-refractivity contribution < 1.29 is 34.0 Å². The smallest absolute Gasteiger partial charge is 0.445 e. The molecule has 0 aliphatic carbocycles. The minimum atomic E-state index is -1.83. The zero-order valence-corrected chi connectivity index (χ0v) is 24.3. The number of carbonyl (C=O) groups is 4. The predicted octanol–water partition coefficient (Wildman–Crippen LogP) is 1.37. The number of rotatable bonds is 13. The fraction of sp³-hybridized carbons (Fsp3) is 0.312. The maximum atomic E-state index is 13.5. The van der Waals surface area contributed by atoms with Gasteiger partial charge in [0.05, 0.1) is 5.94 Å². The van der Waals surface area contributed by atoms with E-state index in [1.54, 1.807) is 0 Å². The lowest BCUT2D eigenvalue weighted by Crippen LogP contribution is -2.58. The predicted molar refractivity (Wildman–Crippen MR) is 164 cm³/mol. The van der Waals surface area contributed by atoms with Gasteiger partial charge in [0.2, 0.25) is 17.7 Å². The van der Waals surface area contributed by atoms with E-state index in [4.69, 9.17) is 4.74 Å². The molecule has 0 radical (unpaired) electrons. The molecule has 11 nitrogen and oxygen atoms in total. The molecule has 12 heteroatoms. The summed E-state index contributed by atoms with van der Waals surface area (Å²) in [5, 5.41) is 27.9. The van der Waals surface area contributed by atoms with Crippen LogP contribution in [0.1, 0.15) is 29.5 Å². The van der Waals surface area contributed by atoms with Crippen molar-refractivity contribution in [1.29, 1.82) is 0 Å². The molecule has 44 heavy (non-hydrogen) atoms. The number of nitrogens with one attached hydrogen (secondary N) is 3. The minimum Gasteiger partial charge on any atom is -0.445 e. The molecule has 3 aromatic rings. The van der Waals surface area contributed by atoms with Gasteiger partial charge in [-0.05, 0) is 36.0 Å². The number of amides is 4. The second kappa shape index (κ2) is 16.2. The van der Waals surface area contributed by atoms with Crippen molar-refractivity contribution in [2.45, 2.75) is 50.3 Å². The van der Waals surface area contributed by atoms with Gasteiger partial charge in [0.15, 0.2) is 0 Å². The van der Waals surface area contributed by atoms with Gasteiger partial charge < -0.3 is 35.6 Å². The summed E-state index contributed by atoms with van der Waals surface area (Å²) < 4.78 is 5.16. The fourth-order valence-corrected chi connectivity index (χ4v) is 5.07. The van der Waals surface area contributed by atoms with E-state index in [0.717, 1.165) is 16.7 Å².